The average molecular weight is 341 g/mol. The van der Waals surface area contributed by atoms with Gasteiger partial charge in [0.05, 0.1) is 11.8 Å². The van der Waals surface area contributed by atoms with E-state index in [-0.39, 0.29) is 12.6 Å². The number of carbonyl (C=O) groups is 1. The minimum Gasteiger partial charge on any atom is -0.387 e. The van der Waals surface area contributed by atoms with Crippen molar-refractivity contribution in [3.8, 4) is 0 Å². The third-order valence-corrected chi connectivity index (χ3v) is 3.90. The predicted molar refractivity (Wildman–Crippen MR) is 80.4 cm³/mol. The summed E-state index contributed by atoms with van der Waals surface area (Å²) in [4.78, 5) is 11.7. The molecule has 0 saturated heterocycles. The first-order chi connectivity index (χ1) is 9.16. The van der Waals surface area contributed by atoms with Crippen LogP contribution in [0, 0.1) is 0 Å². The number of hydrogen-bond acceptors (Lipinski definition) is 3. The second-order valence-electron chi connectivity index (χ2n) is 3.89. The second kappa shape index (κ2) is 6.70. The van der Waals surface area contributed by atoms with Crippen molar-refractivity contribution in [2.75, 3.05) is 11.9 Å². The number of carbonyl (C=O) groups excluding carboxylic acids is 1. The van der Waals surface area contributed by atoms with E-state index in [1.54, 1.807) is 6.07 Å². The van der Waals surface area contributed by atoms with E-state index in [0.717, 1.165) is 10.0 Å². The number of aliphatic hydroxyl groups excluding tert-OH is 1. The summed E-state index contributed by atoms with van der Waals surface area (Å²) in [5.74, 6) is 0. The lowest BCUT2D eigenvalue weighted by Gasteiger charge is -2.12. The Labute approximate surface area is 123 Å². The number of para-hydroxylation sites is 1. The van der Waals surface area contributed by atoms with Crippen molar-refractivity contribution in [3.05, 3.63) is 51.1 Å². The van der Waals surface area contributed by atoms with Gasteiger partial charge in [0.2, 0.25) is 0 Å². The maximum atomic E-state index is 11.7. The molecule has 0 radical (unpaired) electrons. The summed E-state index contributed by atoms with van der Waals surface area (Å²) in [6.45, 7) is 0.174. The van der Waals surface area contributed by atoms with Gasteiger partial charge in [-0.3, -0.25) is 0 Å². The van der Waals surface area contributed by atoms with E-state index in [9.17, 15) is 9.90 Å². The molecule has 4 nitrogen and oxygen atoms in total. The molecular weight excluding hydrogens is 328 g/mol. The molecule has 2 rings (SSSR count). The molecule has 1 unspecified atom stereocenters. The summed E-state index contributed by atoms with van der Waals surface area (Å²) in [6.07, 6.45) is -0.684. The van der Waals surface area contributed by atoms with Crippen LogP contribution in [-0.2, 0) is 0 Å². The van der Waals surface area contributed by atoms with E-state index in [4.69, 9.17) is 0 Å². The first-order valence-corrected chi connectivity index (χ1v) is 7.40. The molecule has 0 fully saturated rings. The summed E-state index contributed by atoms with van der Waals surface area (Å²) in [7, 11) is 0. The van der Waals surface area contributed by atoms with E-state index in [0.29, 0.717) is 5.69 Å². The van der Waals surface area contributed by atoms with Crippen LogP contribution in [-0.4, -0.2) is 17.7 Å². The smallest absolute Gasteiger partial charge is 0.319 e. The number of nitrogens with one attached hydrogen (secondary N) is 2. The molecule has 0 spiro atoms. The molecule has 6 heteroatoms. The fourth-order valence-electron chi connectivity index (χ4n) is 1.50. The van der Waals surface area contributed by atoms with Gasteiger partial charge >= 0.3 is 6.03 Å². The fourth-order valence-corrected chi connectivity index (χ4v) is 2.59. The summed E-state index contributed by atoms with van der Waals surface area (Å²) in [6, 6.07) is 8.83. The molecule has 1 aromatic heterocycles. The van der Waals surface area contributed by atoms with E-state index < -0.39 is 6.10 Å². The van der Waals surface area contributed by atoms with Crippen molar-refractivity contribution in [2.45, 2.75) is 6.10 Å². The number of benzene rings is 1. The SMILES string of the molecule is O=C(NCC(O)c1ccsc1)Nc1ccccc1Br. The lowest BCUT2D eigenvalue weighted by molar-refractivity contribution is 0.175. The summed E-state index contributed by atoms with van der Waals surface area (Å²) >= 11 is 4.86. The second-order valence-corrected chi connectivity index (χ2v) is 5.52. The van der Waals surface area contributed by atoms with Gasteiger partial charge in [-0.1, -0.05) is 12.1 Å². The maximum Gasteiger partial charge on any atom is 0.319 e. The molecular formula is C13H13BrN2O2S. The molecule has 3 N–H and O–H groups in total. The van der Waals surface area contributed by atoms with Gasteiger partial charge in [-0.05, 0) is 50.5 Å². The number of thiophene rings is 1. The third-order valence-electron chi connectivity index (χ3n) is 2.51. The number of anilines is 1. The van der Waals surface area contributed by atoms with Gasteiger partial charge in [-0.15, -0.1) is 0 Å². The molecule has 1 atom stereocenters. The lowest BCUT2D eigenvalue weighted by atomic mass is 10.2. The maximum absolute atomic E-state index is 11.7. The first-order valence-electron chi connectivity index (χ1n) is 5.66. The molecule has 0 aliphatic heterocycles. The van der Waals surface area contributed by atoms with E-state index in [2.05, 4.69) is 26.6 Å². The van der Waals surface area contributed by atoms with Gasteiger partial charge in [0.25, 0.3) is 0 Å². The number of rotatable bonds is 4. The Hall–Kier alpha value is -1.37. The van der Waals surface area contributed by atoms with Crippen molar-refractivity contribution in [2.24, 2.45) is 0 Å². The van der Waals surface area contributed by atoms with Gasteiger partial charge in [-0.25, -0.2) is 4.79 Å². The zero-order valence-electron chi connectivity index (χ0n) is 9.97. The normalized spacial score (nSPS) is 11.9. The number of urea groups is 1. The van der Waals surface area contributed by atoms with Gasteiger partial charge in [0.1, 0.15) is 0 Å². The topological polar surface area (TPSA) is 61.4 Å². The highest BCUT2D eigenvalue weighted by Crippen LogP contribution is 2.21. The van der Waals surface area contributed by atoms with Crippen LogP contribution in [0.5, 0.6) is 0 Å². The van der Waals surface area contributed by atoms with Crippen LogP contribution >= 0.6 is 27.3 Å². The van der Waals surface area contributed by atoms with Crippen molar-refractivity contribution in [3.63, 3.8) is 0 Å². The molecule has 0 aliphatic rings. The molecule has 2 amide bonds. The Morgan fingerprint density at radius 3 is 2.84 bits per heavy atom. The Bertz CT molecular complexity index is 545. The molecule has 19 heavy (non-hydrogen) atoms. The molecule has 1 heterocycles. The molecule has 100 valence electrons. The van der Waals surface area contributed by atoms with Crippen LogP contribution in [0.2, 0.25) is 0 Å². The summed E-state index contributed by atoms with van der Waals surface area (Å²) in [5.41, 5.74) is 1.50. The van der Waals surface area contributed by atoms with Crippen molar-refractivity contribution >= 4 is 39.0 Å². The highest BCUT2D eigenvalue weighted by atomic mass is 79.9. The van der Waals surface area contributed by atoms with Gasteiger partial charge in [0.15, 0.2) is 0 Å². The standard InChI is InChI=1S/C13H13BrN2O2S/c14-10-3-1-2-4-11(10)16-13(18)15-7-12(17)9-5-6-19-8-9/h1-6,8,12,17H,7H2,(H2,15,16,18). The van der Waals surface area contributed by atoms with Gasteiger partial charge in [0, 0.05) is 11.0 Å². The monoisotopic (exact) mass is 340 g/mol. The Morgan fingerprint density at radius 1 is 1.37 bits per heavy atom. The van der Waals surface area contributed by atoms with Gasteiger partial charge < -0.3 is 15.7 Å². The number of halogens is 1. The number of amides is 2. The van der Waals surface area contributed by atoms with Crippen LogP contribution in [0.25, 0.3) is 0 Å². The number of aliphatic hydroxyl groups is 1. The van der Waals surface area contributed by atoms with E-state index in [1.165, 1.54) is 11.3 Å². The largest absolute Gasteiger partial charge is 0.387 e. The van der Waals surface area contributed by atoms with Crippen LogP contribution in [0.1, 0.15) is 11.7 Å². The first kappa shape index (κ1) is 14.0. The molecule has 2 aromatic rings. The highest BCUT2D eigenvalue weighted by Gasteiger charge is 2.10. The minimum atomic E-state index is -0.684. The highest BCUT2D eigenvalue weighted by molar-refractivity contribution is 9.10. The zero-order valence-corrected chi connectivity index (χ0v) is 12.4. The van der Waals surface area contributed by atoms with Crippen molar-refractivity contribution < 1.29 is 9.90 Å². The quantitative estimate of drug-likeness (QED) is 0.799. The predicted octanol–water partition coefficient (Wildman–Crippen LogP) is 3.37. The van der Waals surface area contributed by atoms with Crippen LogP contribution in [0.3, 0.4) is 0 Å². The fraction of sp³-hybridized carbons (Fsp3) is 0.154. The third kappa shape index (κ3) is 4.05. The number of hydrogen-bond donors (Lipinski definition) is 3. The lowest BCUT2D eigenvalue weighted by Crippen LogP contribution is -2.32. The molecule has 0 aliphatic carbocycles. The summed E-state index contributed by atoms with van der Waals surface area (Å²) in [5, 5.41) is 18.9. The van der Waals surface area contributed by atoms with Crippen molar-refractivity contribution in [1.29, 1.82) is 0 Å². The molecule has 1 aromatic carbocycles. The van der Waals surface area contributed by atoms with E-state index >= 15 is 0 Å². The Kier molecular flexibility index (Phi) is 4.95. The Balaban J connectivity index is 1.84. The van der Waals surface area contributed by atoms with Crippen LogP contribution in [0.4, 0.5) is 10.5 Å². The molecule has 0 bridgehead atoms. The molecule has 0 saturated carbocycles. The zero-order chi connectivity index (χ0) is 13.7. The van der Waals surface area contributed by atoms with Crippen LogP contribution < -0.4 is 10.6 Å². The van der Waals surface area contributed by atoms with E-state index in [1.807, 2.05) is 35.0 Å². The van der Waals surface area contributed by atoms with Crippen LogP contribution in [0.15, 0.2) is 45.6 Å². The Morgan fingerprint density at radius 2 is 2.16 bits per heavy atom. The average Bonchev–Trinajstić information content (AvgIpc) is 2.93. The minimum absolute atomic E-state index is 0.174. The van der Waals surface area contributed by atoms with Gasteiger partial charge in [-0.2, -0.15) is 11.3 Å². The summed E-state index contributed by atoms with van der Waals surface area (Å²) < 4.78 is 0.809. The van der Waals surface area contributed by atoms with Crippen molar-refractivity contribution in [1.82, 2.24) is 5.32 Å².